The van der Waals surface area contributed by atoms with Gasteiger partial charge < -0.3 is 15.5 Å². The van der Waals surface area contributed by atoms with Gasteiger partial charge in [0.15, 0.2) is 5.96 Å². The first-order valence-electron chi connectivity index (χ1n) is 7.00. The number of halogens is 1. The fourth-order valence-electron chi connectivity index (χ4n) is 2.30. The summed E-state index contributed by atoms with van der Waals surface area (Å²) in [4.78, 5) is 19.1. The van der Waals surface area contributed by atoms with E-state index in [1.54, 1.807) is 18.4 Å². The molecule has 2 heterocycles. The molecule has 1 atom stereocenters. The number of amides is 1. The Balaban J connectivity index is 0.00000220. The Labute approximate surface area is 147 Å². The summed E-state index contributed by atoms with van der Waals surface area (Å²) in [6.45, 7) is 4.30. The van der Waals surface area contributed by atoms with Gasteiger partial charge in [-0.3, -0.25) is 9.79 Å². The number of aliphatic imine (C=N–C) groups is 1. The van der Waals surface area contributed by atoms with Crippen LogP contribution in [0.4, 0.5) is 0 Å². The van der Waals surface area contributed by atoms with Gasteiger partial charge in [-0.25, -0.2) is 0 Å². The lowest BCUT2D eigenvalue weighted by atomic mass is 10.3. The zero-order valence-electron chi connectivity index (χ0n) is 12.5. The van der Waals surface area contributed by atoms with Crippen molar-refractivity contribution in [2.75, 3.05) is 20.1 Å². The number of carbonyl (C=O) groups excluding carboxylic acids is 1. The van der Waals surface area contributed by atoms with Crippen LogP contribution in [0.3, 0.4) is 0 Å². The molecule has 7 heteroatoms. The maximum atomic E-state index is 11.6. The second-order valence-corrected chi connectivity index (χ2v) is 5.86. The molecule has 0 aliphatic carbocycles. The molecule has 2 rings (SSSR count). The molecular weight excluding hydrogens is 399 g/mol. The molecule has 1 saturated heterocycles. The van der Waals surface area contributed by atoms with E-state index in [9.17, 15) is 4.79 Å². The van der Waals surface area contributed by atoms with E-state index in [1.807, 2.05) is 17.9 Å². The lowest BCUT2D eigenvalue weighted by Gasteiger charge is -2.18. The second-order valence-electron chi connectivity index (χ2n) is 4.83. The van der Waals surface area contributed by atoms with Crippen LogP contribution in [0.25, 0.3) is 0 Å². The lowest BCUT2D eigenvalue weighted by molar-refractivity contribution is -0.129. The maximum absolute atomic E-state index is 11.6. The van der Waals surface area contributed by atoms with E-state index in [-0.39, 0.29) is 29.9 Å². The molecule has 1 unspecified atom stereocenters. The van der Waals surface area contributed by atoms with Crippen LogP contribution >= 0.6 is 35.3 Å². The van der Waals surface area contributed by atoms with Crippen LogP contribution in [0, 0.1) is 0 Å². The molecule has 0 saturated carbocycles. The van der Waals surface area contributed by atoms with Gasteiger partial charge in [0.2, 0.25) is 5.91 Å². The van der Waals surface area contributed by atoms with Crippen LogP contribution in [0.2, 0.25) is 0 Å². The summed E-state index contributed by atoms with van der Waals surface area (Å²) in [5.74, 6) is 1.03. The number of hydrogen-bond acceptors (Lipinski definition) is 3. The first-order chi connectivity index (χ1) is 9.72. The molecule has 118 valence electrons. The summed E-state index contributed by atoms with van der Waals surface area (Å²) in [5, 5.41) is 8.76. The molecule has 21 heavy (non-hydrogen) atoms. The van der Waals surface area contributed by atoms with Gasteiger partial charge in [-0.15, -0.1) is 35.3 Å². The third-order valence-corrected chi connectivity index (χ3v) is 4.29. The zero-order valence-corrected chi connectivity index (χ0v) is 15.6. The minimum atomic E-state index is 0. The van der Waals surface area contributed by atoms with Crippen molar-refractivity contribution in [2.45, 2.75) is 32.4 Å². The Bertz CT molecular complexity index is 464. The third-order valence-electron chi connectivity index (χ3n) is 3.42. The zero-order chi connectivity index (χ0) is 14.4. The molecular formula is C14H23IN4OS. The molecule has 1 amide bonds. The van der Waals surface area contributed by atoms with Crippen molar-refractivity contribution >= 4 is 47.2 Å². The Morgan fingerprint density at radius 1 is 1.57 bits per heavy atom. The van der Waals surface area contributed by atoms with E-state index in [0.29, 0.717) is 12.5 Å². The van der Waals surface area contributed by atoms with Crippen LogP contribution < -0.4 is 10.6 Å². The smallest absolute Gasteiger partial charge is 0.222 e. The molecule has 5 nitrogen and oxygen atoms in total. The number of nitrogens with one attached hydrogen (secondary N) is 2. The summed E-state index contributed by atoms with van der Waals surface area (Å²) in [6, 6.07) is 4.44. The number of likely N-dealkylation sites (tertiary alicyclic amines) is 1. The number of guanidine groups is 1. The normalized spacial score (nSPS) is 18.3. The number of thiophene rings is 1. The minimum Gasteiger partial charge on any atom is -0.352 e. The standard InChI is InChI=1S/C14H22N4OS.HI/c1-3-13(19)18-7-6-11(10-18)17-14(15-2)16-9-12-5-4-8-20-12;/h4-5,8,11H,3,6-7,9-10H2,1-2H3,(H2,15,16,17);1H. The van der Waals surface area contributed by atoms with Crippen molar-refractivity contribution in [1.29, 1.82) is 0 Å². The van der Waals surface area contributed by atoms with Gasteiger partial charge in [-0.2, -0.15) is 0 Å². The lowest BCUT2D eigenvalue weighted by Crippen LogP contribution is -2.44. The van der Waals surface area contributed by atoms with Crippen LogP contribution in [0.5, 0.6) is 0 Å². The first-order valence-corrected chi connectivity index (χ1v) is 7.88. The number of nitrogens with zero attached hydrogens (tertiary/aromatic N) is 2. The molecule has 0 spiro atoms. The Morgan fingerprint density at radius 2 is 2.38 bits per heavy atom. The Morgan fingerprint density at radius 3 is 3.00 bits per heavy atom. The van der Waals surface area contributed by atoms with Crippen molar-refractivity contribution in [1.82, 2.24) is 15.5 Å². The van der Waals surface area contributed by atoms with Crippen molar-refractivity contribution in [3.8, 4) is 0 Å². The van der Waals surface area contributed by atoms with Crippen LogP contribution in [-0.2, 0) is 11.3 Å². The van der Waals surface area contributed by atoms with Crippen LogP contribution in [-0.4, -0.2) is 42.9 Å². The number of carbonyl (C=O) groups is 1. The Hall–Kier alpha value is -0.830. The number of hydrogen-bond donors (Lipinski definition) is 2. The summed E-state index contributed by atoms with van der Waals surface area (Å²) in [7, 11) is 1.77. The van der Waals surface area contributed by atoms with Gasteiger partial charge >= 0.3 is 0 Å². The van der Waals surface area contributed by atoms with E-state index >= 15 is 0 Å². The van der Waals surface area contributed by atoms with E-state index in [1.165, 1.54) is 4.88 Å². The predicted octanol–water partition coefficient (Wildman–Crippen LogP) is 2.04. The fraction of sp³-hybridized carbons (Fsp3) is 0.571. The highest BCUT2D eigenvalue weighted by Gasteiger charge is 2.25. The molecule has 1 aromatic rings. The van der Waals surface area contributed by atoms with E-state index < -0.39 is 0 Å². The van der Waals surface area contributed by atoms with E-state index in [4.69, 9.17) is 0 Å². The highest BCUT2D eigenvalue weighted by atomic mass is 127. The maximum Gasteiger partial charge on any atom is 0.222 e. The van der Waals surface area contributed by atoms with Gasteiger partial charge in [0.25, 0.3) is 0 Å². The number of rotatable bonds is 4. The largest absolute Gasteiger partial charge is 0.352 e. The van der Waals surface area contributed by atoms with Crippen molar-refractivity contribution in [3.05, 3.63) is 22.4 Å². The summed E-state index contributed by atoms with van der Waals surface area (Å²) < 4.78 is 0. The second kappa shape index (κ2) is 9.24. The SMILES string of the molecule is CCC(=O)N1CCC(NC(=NC)NCc2cccs2)C1.I. The summed E-state index contributed by atoms with van der Waals surface area (Å²) in [6.07, 6.45) is 1.56. The summed E-state index contributed by atoms with van der Waals surface area (Å²) >= 11 is 1.73. The van der Waals surface area contributed by atoms with Crippen molar-refractivity contribution < 1.29 is 4.79 Å². The van der Waals surface area contributed by atoms with E-state index in [2.05, 4.69) is 27.1 Å². The molecule has 0 bridgehead atoms. The topological polar surface area (TPSA) is 56.7 Å². The molecule has 1 aliphatic rings. The van der Waals surface area contributed by atoms with E-state index in [0.717, 1.165) is 32.0 Å². The fourth-order valence-corrected chi connectivity index (χ4v) is 2.94. The predicted molar refractivity (Wildman–Crippen MR) is 98.3 cm³/mol. The monoisotopic (exact) mass is 422 g/mol. The third kappa shape index (κ3) is 5.46. The quantitative estimate of drug-likeness (QED) is 0.444. The summed E-state index contributed by atoms with van der Waals surface area (Å²) in [5.41, 5.74) is 0. The van der Waals surface area contributed by atoms with Gasteiger partial charge in [0.1, 0.15) is 0 Å². The van der Waals surface area contributed by atoms with Gasteiger partial charge in [-0.1, -0.05) is 13.0 Å². The van der Waals surface area contributed by atoms with Crippen molar-refractivity contribution in [3.63, 3.8) is 0 Å². The average Bonchev–Trinajstić information content (AvgIpc) is 3.13. The molecule has 2 N–H and O–H groups in total. The molecule has 1 aromatic heterocycles. The minimum absolute atomic E-state index is 0. The first kappa shape index (κ1) is 18.2. The highest BCUT2D eigenvalue weighted by Crippen LogP contribution is 2.11. The molecule has 0 radical (unpaired) electrons. The molecule has 1 aliphatic heterocycles. The van der Waals surface area contributed by atoms with Crippen molar-refractivity contribution in [2.24, 2.45) is 4.99 Å². The highest BCUT2D eigenvalue weighted by molar-refractivity contribution is 14.0. The van der Waals surface area contributed by atoms with Crippen LogP contribution in [0.15, 0.2) is 22.5 Å². The van der Waals surface area contributed by atoms with Crippen LogP contribution in [0.1, 0.15) is 24.6 Å². The molecule has 0 aromatic carbocycles. The van der Waals surface area contributed by atoms with Gasteiger partial charge in [0, 0.05) is 37.5 Å². The average molecular weight is 422 g/mol. The Kier molecular flexibility index (Phi) is 8.02. The van der Waals surface area contributed by atoms with Gasteiger partial charge in [0.05, 0.1) is 6.54 Å². The molecule has 1 fully saturated rings. The van der Waals surface area contributed by atoms with Gasteiger partial charge in [-0.05, 0) is 17.9 Å².